The molecule has 1 aromatic rings. The average molecular weight is 179 g/mol. The van der Waals surface area contributed by atoms with Gasteiger partial charge in [-0.2, -0.15) is 0 Å². The molecule has 1 aliphatic heterocycles. The molecule has 0 N–H and O–H groups in total. The summed E-state index contributed by atoms with van der Waals surface area (Å²) in [5.41, 5.74) is -0.486. The van der Waals surface area contributed by atoms with Crippen molar-refractivity contribution in [1.29, 1.82) is 0 Å². The van der Waals surface area contributed by atoms with Gasteiger partial charge >= 0.3 is 0 Å². The molecule has 0 unspecified atom stereocenters. The summed E-state index contributed by atoms with van der Waals surface area (Å²) >= 11 is 0. The number of aromatic nitrogens is 1. The first-order valence-corrected chi connectivity index (χ1v) is 4.54. The first-order valence-electron chi connectivity index (χ1n) is 4.54. The number of nitrogens with zero attached hydrogens (tertiary/aromatic N) is 2. The van der Waals surface area contributed by atoms with Gasteiger partial charge in [-0.25, -0.2) is 9.71 Å². The fourth-order valence-corrected chi connectivity index (χ4v) is 1.67. The molecule has 0 saturated carbocycles. The molecule has 1 aromatic heterocycles. The third-order valence-corrected chi connectivity index (χ3v) is 2.51. The Morgan fingerprint density at radius 2 is 2.08 bits per heavy atom. The van der Waals surface area contributed by atoms with Crippen LogP contribution in [-0.2, 0) is 5.67 Å². The Hall–Kier alpha value is -0.960. The van der Waals surface area contributed by atoms with Crippen LogP contribution in [0.3, 0.4) is 0 Å². The normalized spacial score (nSPS) is 21.3. The molecule has 3 heteroatoms. The SMILES string of the molecule is FC1(c2cccnc2)CC[N]CC1. The van der Waals surface area contributed by atoms with Gasteiger partial charge in [0.25, 0.3) is 0 Å². The Morgan fingerprint density at radius 1 is 1.31 bits per heavy atom. The summed E-state index contributed by atoms with van der Waals surface area (Å²) in [4.78, 5) is 3.93. The van der Waals surface area contributed by atoms with Crippen molar-refractivity contribution in [1.82, 2.24) is 10.3 Å². The van der Waals surface area contributed by atoms with E-state index in [1.165, 1.54) is 0 Å². The van der Waals surface area contributed by atoms with Crippen LogP contribution in [-0.4, -0.2) is 18.1 Å². The lowest BCUT2D eigenvalue weighted by Crippen LogP contribution is -2.33. The molecule has 1 radical (unpaired) electrons. The van der Waals surface area contributed by atoms with E-state index in [4.69, 9.17) is 0 Å². The van der Waals surface area contributed by atoms with E-state index in [0.717, 1.165) is 0 Å². The van der Waals surface area contributed by atoms with Crippen molar-refractivity contribution in [2.75, 3.05) is 13.1 Å². The largest absolute Gasteiger partial charge is 0.264 e. The minimum absolute atomic E-state index is 0.499. The van der Waals surface area contributed by atoms with Crippen molar-refractivity contribution in [3.05, 3.63) is 30.1 Å². The quantitative estimate of drug-likeness (QED) is 0.644. The Balaban J connectivity index is 2.23. The molecule has 2 nitrogen and oxygen atoms in total. The highest BCUT2D eigenvalue weighted by Gasteiger charge is 2.33. The molecule has 1 fully saturated rings. The monoisotopic (exact) mass is 179 g/mol. The Morgan fingerprint density at radius 3 is 2.69 bits per heavy atom. The molecule has 2 heterocycles. The minimum Gasteiger partial charge on any atom is -0.264 e. The minimum atomic E-state index is -1.18. The third kappa shape index (κ3) is 1.70. The second kappa shape index (κ2) is 3.42. The van der Waals surface area contributed by atoms with Crippen molar-refractivity contribution < 1.29 is 4.39 Å². The van der Waals surface area contributed by atoms with Crippen LogP contribution < -0.4 is 5.32 Å². The number of rotatable bonds is 1. The predicted octanol–water partition coefficient (Wildman–Crippen LogP) is 1.64. The molecule has 0 atom stereocenters. The highest BCUT2D eigenvalue weighted by atomic mass is 19.1. The van der Waals surface area contributed by atoms with Crippen LogP contribution in [0, 0.1) is 0 Å². The first kappa shape index (κ1) is 8.63. The van der Waals surface area contributed by atoms with Crippen molar-refractivity contribution >= 4 is 0 Å². The summed E-state index contributed by atoms with van der Waals surface area (Å²) < 4.78 is 14.2. The number of pyridine rings is 1. The molecule has 0 amide bonds. The summed E-state index contributed by atoms with van der Waals surface area (Å²) in [5, 5.41) is 4.14. The number of hydrogen-bond acceptors (Lipinski definition) is 1. The van der Waals surface area contributed by atoms with Crippen LogP contribution in [0.1, 0.15) is 18.4 Å². The van der Waals surface area contributed by atoms with Gasteiger partial charge in [0.15, 0.2) is 0 Å². The van der Waals surface area contributed by atoms with Crippen molar-refractivity contribution in [2.45, 2.75) is 18.5 Å². The van der Waals surface area contributed by atoms with E-state index in [1.54, 1.807) is 24.5 Å². The van der Waals surface area contributed by atoms with E-state index in [0.29, 0.717) is 31.5 Å². The van der Waals surface area contributed by atoms with Crippen molar-refractivity contribution in [2.24, 2.45) is 0 Å². The summed E-state index contributed by atoms with van der Waals surface area (Å²) in [7, 11) is 0. The van der Waals surface area contributed by atoms with Crippen LogP contribution in [0.4, 0.5) is 4.39 Å². The lowest BCUT2D eigenvalue weighted by atomic mass is 9.88. The highest BCUT2D eigenvalue weighted by Crippen LogP contribution is 2.34. The first-order chi connectivity index (χ1) is 6.31. The Bertz CT molecular complexity index is 268. The van der Waals surface area contributed by atoms with Crippen molar-refractivity contribution in [3.63, 3.8) is 0 Å². The molecule has 69 valence electrons. The highest BCUT2D eigenvalue weighted by molar-refractivity contribution is 5.19. The molecular weight excluding hydrogens is 167 g/mol. The Kier molecular flexibility index (Phi) is 2.27. The van der Waals surface area contributed by atoms with Crippen LogP contribution in [0.15, 0.2) is 24.5 Å². The average Bonchev–Trinajstić information content (AvgIpc) is 2.20. The second-order valence-electron chi connectivity index (χ2n) is 3.38. The second-order valence-corrected chi connectivity index (χ2v) is 3.38. The van der Waals surface area contributed by atoms with Gasteiger partial charge in [0, 0.05) is 31.0 Å². The van der Waals surface area contributed by atoms with E-state index < -0.39 is 5.67 Å². The summed E-state index contributed by atoms with van der Waals surface area (Å²) in [6, 6.07) is 3.58. The Labute approximate surface area is 77.2 Å². The summed E-state index contributed by atoms with van der Waals surface area (Å²) in [6.45, 7) is 1.26. The third-order valence-electron chi connectivity index (χ3n) is 2.51. The van der Waals surface area contributed by atoms with E-state index in [2.05, 4.69) is 10.3 Å². The summed E-state index contributed by atoms with van der Waals surface area (Å²) in [5.74, 6) is 0. The molecule has 1 aliphatic rings. The molecular formula is C10H12FN2. The molecule has 0 bridgehead atoms. The lowest BCUT2D eigenvalue weighted by Gasteiger charge is -2.29. The standard InChI is InChI=1S/C10H12FN2/c11-10(3-6-12-7-4-10)9-2-1-5-13-8-9/h1-2,5,8H,3-4,6-7H2. The van der Waals surface area contributed by atoms with Gasteiger partial charge in [0.2, 0.25) is 0 Å². The molecule has 0 spiro atoms. The maximum atomic E-state index is 14.2. The fraction of sp³-hybridized carbons (Fsp3) is 0.500. The number of hydrogen-bond donors (Lipinski definition) is 0. The zero-order valence-electron chi connectivity index (χ0n) is 7.41. The molecule has 2 rings (SSSR count). The maximum Gasteiger partial charge on any atom is 0.140 e. The van der Waals surface area contributed by atoms with Gasteiger partial charge in [-0.3, -0.25) is 4.98 Å². The van der Waals surface area contributed by atoms with Crippen molar-refractivity contribution in [3.8, 4) is 0 Å². The fourth-order valence-electron chi connectivity index (χ4n) is 1.67. The van der Waals surface area contributed by atoms with E-state index >= 15 is 0 Å². The number of piperidine rings is 1. The summed E-state index contributed by atoms with van der Waals surface area (Å²) in [6.07, 6.45) is 4.28. The van der Waals surface area contributed by atoms with Gasteiger partial charge in [-0.1, -0.05) is 6.07 Å². The van der Waals surface area contributed by atoms with Gasteiger partial charge in [-0.15, -0.1) is 0 Å². The van der Waals surface area contributed by atoms with Gasteiger partial charge < -0.3 is 0 Å². The smallest absolute Gasteiger partial charge is 0.140 e. The van der Waals surface area contributed by atoms with Crippen LogP contribution >= 0.6 is 0 Å². The lowest BCUT2D eigenvalue weighted by molar-refractivity contribution is 0.113. The molecule has 1 saturated heterocycles. The van der Waals surface area contributed by atoms with Gasteiger partial charge in [0.05, 0.1) is 0 Å². The molecule has 0 aromatic carbocycles. The molecule has 13 heavy (non-hydrogen) atoms. The van der Waals surface area contributed by atoms with Crippen LogP contribution in [0.5, 0.6) is 0 Å². The maximum absolute atomic E-state index is 14.2. The zero-order chi connectivity index (χ0) is 9.15. The topological polar surface area (TPSA) is 27.0 Å². The van der Waals surface area contributed by atoms with Crippen LogP contribution in [0.2, 0.25) is 0 Å². The predicted molar refractivity (Wildman–Crippen MR) is 48.1 cm³/mol. The zero-order valence-corrected chi connectivity index (χ0v) is 7.41. The van der Waals surface area contributed by atoms with Gasteiger partial charge in [-0.05, 0) is 18.9 Å². The molecule has 0 aliphatic carbocycles. The van der Waals surface area contributed by atoms with Crippen LogP contribution in [0.25, 0.3) is 0 Å². The number of alkyl halides is 1. The number of halogens is 1. The van der Waals surface area contributed by atoms with Gasteiger partial charge in [0.1, 0.15) is 5.67 Å². The van der Waals surface area contributed by atoms with E-state index in [9.17, 15) is 4.39 Å². The van der Waals surface area contributed by atoms with E-state index in [-0.39, 0.29) is 0 Å². The van der Waals surface area contributed by atoms with E-state index in [1.807, 2.05) is 0 Å².